The lowest BCUT2D eigenvalue weighted by Crippen LogP contribution is -2.44. The van der Waals surface area contributed by atoms with Crippen molar-refractivity contribution in [3.63, 3.8) is 0 Å². The number of nitrogens with two attached hydrogens (primary N) is 1. The molecule has 1 aromatic carbocycles. The van der Waals surface area contributed by atoms with Crippen molar-refractivity contribution in [2.24, 2.45) is 11.1 Å². The number of rotatable bonds is 6. The Kier molecular flexibility index (Phi) is 5.37. The molecule has 0 bridgehead atoms. The Balaban J connectivity index is 1.83. The average Bonchev–Trinajstić information content (AvgIpc) is 2.57. The van der Waals surface area contributed by atoms with Crippen LogP contribution in [0.4, 0.5) is 13.2 Å². The minimum atomic E-state index is -4.85. The normalized spacial score (nSPS) is 19.5. The molecular formula is C18H21F3N2O4S. The van der Waals surface area contributed by atoms with Gasteiger partial charge in [0.15, 0.2) is 0 Å². The molecular weight excluding hydrogens is 397 g/mol. The van der Waals surface area contributed by atoms with Crippen molar-refractivity contribution in [1.82, 2.24) is 4.90 Å². The highest BCUT2D eigenvalue weighted by molar-refractivity contribution is 7.95. The van der Waals surface area contributed by atoms with E-state index in [9.17, 15) is 26.7 Å². The fourth-order valence-electron chi connectivity index (χ4n) is 3.40. The van der Waals surface area contributed by atoms with Crippen LogP contribution >= 0.6 is 0 Å². The van der Waals surface area contributed by atoms with Crippen molar-refractivity contribution in [2.75, 3.05) is 19.7 Å². The van der Waals surface area contributed by atoms with E-state index >= 15 is 0 Å². The molecule has 0 amide bonds. The Morgan fingerprint density at radius 1 is 1.21 bits per heavy atom. The van der Waals surface area contributed by atoms with Crippen LogP contribution < -0.4 is 10.5 Å². The standard InChI is InChI=1S/C18H21F3N2O4S/c19-18(20,21)27-14-2-4-15(5-3-14)28(25,26)16-8-13(22)9-23(10-16)11-17(12-24)6-1-7-17/h2-5,8,10,24H,1,6-7,9,11-12,22H2. The van der Waals surface area contributed by atoms with E-state index in [1.807, 2.05) is 0 Å². The third-order valence-corrected chi connectivity index (χ3v) is 6.73. The highest BCUT2D eigenvalue weighted by Gasteiger charge is 2.38. The largest absolute Gasteiger partial charge is 0.573 e. The van der Waals surface area contributed by atoms with E-state index in [1.54, 1.807) is 4.90 Å². The molecule has 1 heterocycles. The number of ether oxygens (including phenoxy) is 1. The number of hydrogen-bond donors (Lipinski definition) is 2. The first kappa shape index (κ1) is 20.5. The van der Waals surface area contributed by atoms with Crippen LogP contribution in [0.5, 0.6) is 5.75 Å². The number of nitrogens with zero attached hydrogens (tertiary/aromatic N) is 1. The van der Waals surface area contributed by atoms with E-state index in [0.29, 0.717) is 18.8 Å². The Hall–Kier alpha value is -2.20. The topological polar surface area (TPSA) is 92.9 Å². The summed E-state index contributed by atoms with van der Waals surface area (Å²) in [4.78, 5) is 1.55. The van der Waals surface area contributed by atoms with Crippen molar-refractivity contribution >= 4 is 9.84 Å². The van der Waals surface area contributed by atoms with E-state index in [2.05, 4.69) is 4.74 Å². The number of aliphatic hydroxyl groups is 1. The lowest BCUT2D eigenvalue weighted by Gasteiger charge is -2.44. The van der Waals surface area contributed by atoms with Gasteiger partial charge in [0.05, 0.1) is 23.0 Å². The molecule has 1 saturated carbocycles. The maximum atomic E-state index is 12.9. The molecule has 154 valence electrons. The van der Waals surface area contributed by atoms with Crippen molar-refractivity contribution in [3.8, 4) is 5.75 Å². The van der Waals surface area contributed by atoms with Crippen molar-refractivity contribution in [2.45, 2.75) is 30.5 Å². The molecule has 0 aromatic heterocycles. The zero-order chi connectivity index (χ0) is 20.6. The fourth-order valence-corrected chi connectivity index (χ4v) is 4.77. The summed E-state index contributed by atoms with van der Waals surface area (Å²) in [6.07, 6.45) is 0.704. The van der Waals surface area contributed by atoms with Gasteiger partial charge in [0, 0.05) is 23.9 Å². The van der Waals surface area contributed by atoms with Crippen LogP contribution in [0.25, 0.3) is 0 Å². The van der Waals surface area contributed by atoms with Gasteiger partial charge in [-0.15, -0.1) is 13.2 Å². The number of allylic oxidation sites excluding steroid dienone is 1. The van der Waals surface area contributed by atoms with Crippen LogP contribution in [-0.4, -0.2) is 44.5 Å². The minimum absolute atomic E-state index is 0.0176. The third kappa shape index (κ3) is 4.44. The molecule has 0 radical (unpaired) electrons. The molecule has 28 heavy (non-hydrogen) atoms. The zero-order valence-corrected chi connectivity index (χ0v) is 15.8. The summed E-state index contributed by atoms with van der Waals surface area (Å²) in [5, 5.41) is 9.64. The predicted octanol–water partition coefficient (Wildman–Crippen LogP) is 2.52. The van der Waals surface area contributed by atoms with Gasteiger partial charge < -0.3 is 20.5 Å². The second kappa shape index (κ2) is 7.32. The number of benzene rings is 1. The maximum absolute atomic E-state index is 12.9. The van der Waals surface area contributed by atoms with Crippen LogP contribution in [0, 0.1) is 5.41 Å². The first-order valence-corrected chi connectivity index (χ1v) is 10.2. The van der Waals surface area contributed by atoms with Crippen LogP contribution in [0.3, 0.4) is 0 Å². The van der Waals surface area contributed by atoms with Crippen molar-refractivity contribution < 1.29 is 31.4 Å². The molecule has 1 fully saturated rings. The van der Waals surface area contributed by atoms with Crippen LogP contribution in [0.15, 0.2) is 52.0 Å². The van der Waals surface area contributed by atoms with Crippen molar-refractivity contribution in [1.29, 1.82) is 0 Å². The number of alkyl halides is 3. The van der Waals surface area contributed by atoms with Gasteiger partial charge in [0.25, 0.3) is 0 Å². The van der Waals surface area contributed by atoms with Crippen molar-refractivity contribution in [3.05, 3.63) is 47.1 Å². The van der Waals surface area contributed by atoms with Crippen LogP contribution in [-0.2, 0) is 9.84 Å². The molecule has 3 N–H and O–H groups in total. The highest BCUT2D eigenvalue weighted by atomic mass is 32.2. The van der Waals surface area contributed by atoms with E-state index in [0.717, 1.165) is 43.5 Å². The quantitative estimate of drug-likeness (QED) is 0.738. The van der Waals surface area contributed by atoms with Gasteiger partial charge in [-0.3, -0.25) is 0 Å². The number of hydrogen-bond acceptors (Lipinski definition) is 6. The molecule has 0 unspecified atom stereocenters. The molecule has 0 atom stereocenters. The van der Waals surface area contributed by atoms with E-state index < -0.39 is 21.9 Å². The molecule has 0 saturated heterocycles. The number of aliphatic hydroxyl groups excluding tert-OH is 1. The van der Waals surface area contributed by atoms with Gasteiger partial charge in [-0.25, -0.2) is 8.42 Å². The lowest BCUT2D eigenvalue weighted by atomic mass is 9.69. The SMILES string of the molecule is NC1=CC(S(=O)(=O)c2ccc(OC(F)(F)F)cc2)=CN(CC2(CO)CCC2)C1. The van der Waals surface area contributed by atoms with Gasteiger partial charge in [-0.05, 0) is 43.2 Å². The Bertz CT molecular complexity index is 883. The smallest absolute Gasteiger partial charge is 0.406 e. The first-order valence-electron chi connectivity index (χ1n) is 8.67. The van der Waals surface area contributed by atoms with Crippen LogP contribution in [0.2, 0.25) is 0 Å². The summed E-state index contributed by atoms with van der Waals surface area (Å²) in [5.74, 6) is -0.504. The molecule has 0 spiro atoms. The molecule has 2 aliphatic rings. The number of halogens is 3. The molecule has 1 aromatic rings. The molecule has 6 nitrogen and oxygen atoms in total. The monoisotopic (exact) mass is 418 g/mol. The Morgan fingerprint density at radius 2 is 1.86 bits per heavy atom. The molecule has 1 aliphatic carbocycles. The minimum Gasteiger partial charge on any atom is -0.406 e. The summed E-state index contributed by atoms with van der Waals surface area (Å²) in [6.45, 7) is 0.845. The van der Waals surface area contributed by atoms with Gasteiger partial charge in [0.2, 0.25) is 9.84 Å². The van der Waals surface area contributed by atoms with Gasteiger partial charge in [0.1, 0.15) is 5.75 Å². The third-order valence-electron chi connectivity index (χ3n) is 4.99. The molecule has 3 rings (SSSR count). The van der Waals surface area contributed by atoms with Gasteiger partial charge in [-0.1, -0.05) is 6.42 Å². The fraction of sp³-hybridized carbons (Fsp3) is 0.444. The lowest BCUT2D eigenvalue weighted by molar-refractivity contribution is -0.274. The summed E-state index contributed by atoms with van der Waals surface area (Å²) in [6, 6.07) is 4.01. The predicted molar refractivity (Wildman–Crippen MR) is 95.6 cm³/mol. The zero-order valence-electron chi connectivity index (χ0n) is 14.9. The molecule has 1 aliphatic heterocycles. The van der Waals surface area contributed by atoms with Gasteiger partial charge in [-0.2, -0.15) is 0 Å². The average molecular weight is 418 g/mol. The molecule has 10 heteroatoms. The second-order valence-corrected chi connectivity index (χ2v) is 9.14. The summed E-state index contributed by atoms with van der Waals surface area (Å²) < 4.78 is 66.3. The van der Waals surface area contributed by atoms with E-state index in [-0.39, 0.29) is 21.8 Å². The highest BCUT2D eigenvalue weighted by Crippen LogP contribution is 2.41. The summed E-state index contributed by atoms with van der Waals surface area (Å²) >= 11 is 0. The summed E-state index contributed by atoms with van der Waals surface area (Å²) in [5.41, 5.74) is 6.01. The van der Waals surface area contributed by atoms with E-state index in [1.165, 1.54) is 12.3 Å². The Morgan fingerprint density at radius 3 is 2.36 bits per heavy atom. The Labute approximate surface area is 161 Å². The van der Waals surface area contributed by atoms with E-state index in [4.69, 9.17) is 5.73 Å². The first-order chi connectivity index (χ1) is 13.0. The second-order valence-electron chi connectivity index (χ2n) is 7.19. The summed E-state index contributed by atoms with van der Waals surface area (Å²) in [7, 11) is -3.98. The maximum Gasteiger partial charge on any atom is 0.573 e. The number of sulfone groups is 1. The van der Waals surface area contributed by atoms with Crippen LogP contribution in [0.1, 0.15) is 19.3 Å². The van der Waals surface area contributed by atoms with Gasteiger partial charge >= 0.3 is 6.36 Å².